The molecule has 1 unspecified atom stereocenters. The smallest absolute Gasteiger partial charge is 0.254 e. The summed E-state index contributed by atoms with van der Waals surface area (Å²) in [5, 5.41) is 3.45. The van der Waals surface area contributed by atoms with E-state index in [0.29, 0.717) is 6.04 Å². The zero-order valence-corrected chi connectivity index (χ0v) is 21.0. The number of nitrogens with one attached hydrogen (secondary N) is 1. The number of piperidine rings is 1. The molecule has 1 N–H and O–H groups in total. The molecule has 2 aromatic carbocycles. The highest BCUT2D eigenvalue weighted by molar-refractivity contribution is 7.13. The number of amides is 1. The minimum Gasteiger partial charge on any atom is -0.330 e. The van der Waals surface area contributed by atoms with Gasteiger partial charge in [0.2, 0.25) is 0 Å². The summed E-state index contributed by atoms with van der Waals surface area (Å²) >= 11 is 1.71. The average Bonchev–Trinajstić information content (AvgIpc) is 3.55. The quantitative estimate of drug-likeness (QED) is 0.573. The molecule has 3 aromatic rings. The van der Waals surface area contributed by atoms with E-state index in [9.17, 15) is 4.79 Å². The molecule has 4 heterocycles. The lowest BCUT2D eigenvalue weighted by molar-refractivity contribution is 0.0674. The molecule has 1 amide bonds. The van der Waals surface area contributed by atoms with Gasteiger partial charge in [-0.25, -0.2) is 0 Å². The van der Waals surface area contributed by atoms with Crippen molar-refractivity contribution in [2.24, 2.45) is 0 Å². The van der Waals surface area contributed by atoms with Crippen LogP contribution in [0.4, 0.5) is 0 Å². The Hall–Kier alpha value is -2.58. The molecule has 2 fully saturated rings. The van der Waals surface area contributed by atoms with Crippen molar-refractivity contribution in [3.05, 3.63) is 76.4 Å². The van der Waals surface area contributed by atoms with E-state index < -0.39 is 0 Å². The first kappa shape index (κ1) is 22.9. The maximum atomic E-state index is 13.0. The lowest BCUT2D eigenvalue weighted by Crippen LogP contribution is -2.46. The molecule has 35 heavy (non-hydrogen) atoms. The minimum atomic E-state index is 0.215. The van der Waals surface area contributed by atoms with Crippen LogP contribution in [-0.4, -0.2) is 70.9 Å². The minimum absolute atomic E-state index is 0.215. The Kier molecular flexibility index (Phi) is 6.65. The summed E-state index contributed by atoms with van der Waals surface area (Å²) in [6, 6.07) is 15.6. The van der Waals surface area contributed by atoms with Crippen molar-refractivity contribution < 1.29 is 4.79 Å². The number of fused-ring (bicyclic) bond motifs is 1. The fourth-order valence-corrected chi connectivity index (χ4v) is 6.42. The molecular formula is C28H33N5OS. The number of benzene rings is 2. The second-order valence-electron chi connectivity index (χ2n) is 10.00. The first-order valence-corrected chi connectivity index (χ1v) is 13.7. The van der Waals surface area contributed by atoms with Crippen LogP contribution in [0.25, 0.3) is 10.4 Å². The summed E-state index contributed by atoms with van der Waals surface area (Å²) in [7, 11) is 0. The molecule has 6 rings (SSSR count). The van der Waals surface area contributed by atoms with Crippen LogP contribution in [0.3, 0.4) is 0 Å². The van der Waals surface area contributed by atoms with Gasteiger partial charge in [-0.05, 0) is 47.7 Å². The molecule has 0 bridgehead atoms. The Morgan fingerprint density at radius 2 is 1.83 bits per heavy atom. The van der Waals surface area contributed by atoms with Crippen LogP contribution in [0.1, 0.15) is 39.9 Å². The molecule has 3 aliphatic rings. The SMILES string of the molecule is O=C1c2ccc(CN3CCN(Cc4ccccc4-c4cncs4)CC3)cc2CN1C1CCCNC1. The summed E-state index contributed by atoms with van der Waals surface area (Å²) in [5.41, 5.74) is 8.03. The molecule has 7 heteroatoms. The molecule has 3 aliphatic heterocycles. The van der Waals surface area contributed by atoms with Gasteiger partial charge in [-0.3, -0.25) is 19.6 Å². The maximum Gasteiger partial charge on any atom is 0.254 e. The number of carbonyl (C=O) groups is 1. The monoisotopic (exact) mass is 487 g/mol. The van der Waals surface area contributed by atoms with Gasteiger partial charge in [0.05, 0.1) is 10.4 Å². The van der Waals surface area contributed by atoms with E-state index in [4.69, 9.17) is 0 Å². The average molecular weight is 488 g/mol. The van der Waals surface area contributed by atoms with Crippen LogP contribution < -0.4 is 5.32 Å². The van der Waals surface area contributed by atoms with E-state index in [1.807, 2.05) is 11.7 Å². The standard InChI is InChI=1S/C28H33N5OS/c34-28-26-8-7-21(14-23(26)19-33(28)24-5-3-9-29-15-24)17-31-10-12-32(13-11-31)18-22-4-1-2-6-25(22)27-16-30-20-35-27/h1-2,4,6-8,14,16,20,24,29H,3,5,9-13,15,17-19H2. The van der Waals surface area contributed by atoms with Crippen LogP contribution in [-0.2, 0) is 19.6 Å². The van der Waals surface area contributed by atoms with Crippen molar-refractivity contribution in [1.29, 1.82) is 0 Å². The van der Waals surface area contributed by atoms with E-state index in [2.05, 4.69) is 67.5 Å². The summed E-state index contributed by atoms with van der Waals surface area (Å²) < 4.78 is 0. The summed E-state index contributed by atoms with van der Waals surface area (Å²) in [6.45, 7) is 8.98. The van der Waals surface area contributed by atoms with Gasteiger partial charge in [0, 0.05) is 70.2 Å². The van der Waals surface area contributed by atoms with Crippen LogP contribution in [0.5, 0.6) is 0 Å². The van der Waals surface area contributed by atoms with Crippen molar-refractivity contribution in [3.63, 3.8) is 0 Å². The number of thiazole rings is 1. The van der Waals surface area contributed by atoms with Crippen molar-refractivity contribution in [2.45, 2.75) is 38.5 Å². The van der Waals surface area contributed by atoms with Gasteiger partial charge in [-0.1, -0.05) is 36.4 Å². The van der Waals surface area contributed by atoms with Gasteiger partial charge < -0.3 is 10.2 Å². The molecule has 1 atom stereocenters. The lowest BCUT2D eigenvalue weighted by atomic mass is 10.0. The molecule has 182 valence electrons. The summed E-state index contributed by atoms with van der Waals surface area (Å²) in [6.07, 6.45) is 4.23. The largest absolute Gasteiger partial charge is 0.330 e. The van der Waals surface area contributed by atoms with Crippen LogP contribution >= 0.6 is 11.3 Å². The fraction of sp³-hybridized carbons (Fsp3) is 0.429. The Morgan fingerprint density at radius 1 is 1.00 bits per heavy atom. The predicted molar refractivity (Wildman–Crippen MR) is 140 cm³/mol. The van der Waals surface area contributed by atoms with Gasteiger partial charge in [0.1, 0.15) is 0 Å². The van der Waals surface area contributed by atoms with E-state index in [1.54, 1.807) is 11.3 Å². The Morgan fingerprint density at radius 3 is 2.60 bits per heavy atom. The van der Waals surface area contributed by atoms with E-state index in [-0.39, 0.29) is 5.91 Å². The molecular weight excluding hydrogens is 454 g/mol. The first-order chi connectivity index (χ1) is 17.2. The van der Waals surface area contributed by atoms with E-state index >= 15 is 0 Å². The Labute approximate surface area is 211 Å². The third-order valence-corrected chi connectivity index (χ3v) is 8.50. The lowest BCUT2D eigenvalue weighted by Gasteiger charge is -2.35. The highest BCUT2D eigenvalue weighted by atomic mass is 32.1. The Bertz CT molecular complexity index is 1170. The molecule has 0 spiro atoms. The van der Waals surface area contributed by atoms with Crippen LogP contribution in [0.15, 0.2) is 54.2 Å². The van der Waals surface area contributed by atoms with Gasteiger partial charge in [0.25, 0.3) is 5.91 Å². The fourth-order valence-electron chi connectivity index (χ4n) is 5.74. The number of hydrogen-bond acceptors (Lipinski definition) is 6. The number of carbonyl (C=O) groups excluding carboxylic acids is 1. The summed E-state index contributed by atoms with van der Waals surface area (Å²) in [4.78, 5) is 25.7. The number of hydrogen-bond donors (Lipinski definition) is 1. The summed E-state index contributed by atoms with van der Waals surface area (Å²) in [5.74, 6) is 0.215. The van der Waals surface area contributed by atoms with Crippen molar-refractivity contribution in [3.8, 4) is 10.4 Å². The topological polar surface area (TPSA) is 51.7 Å². The van der Waals surface area contributed by atoms with Crippen LogP contribution in [0.2, 0.25) is 0 Å². The van der Waals surface area contributed by atoms with Crippen molar-refractivity contribution in [2.75, 3.05) is 39.3 Å². The molecule has 2 saturated heterocycles. The first-order valence-electron chi connectivity index (χ1n) is 12.8. The van der Waals surface area contributed by atoms with Gasteiger partial charge in [0.15, 0.2) is 0 Å². The zero-order chi connectivity index (χ0) is 23.6. The second-order valence-corrected chi connectivity index (χ2v) is 10.9. The molecule has 1 aromatic heterocycles. The molecule has 0 aliphatic carbocycles. The molecule has 0 saturated carbocycles. The zero-order valence-electron chi connectivity index (χ0n) is 20.2. The van der Waals surface area contributed by atoms with Crippen LogP contribution in [0, 0.1) is 0 Å². The Balaban J connectivity index is 1.05. The normalized spacial score (nSPS) is 21.4. The second kappa shape index (κ2) is 10.2. The molecule has 6 nitrogen and oxygen atoms in total. The van der Waals surface area contributed by atoms with Gasteiger partial charge in [-0.2, -0.15) is 0 Å². The highest BCUT2D eigenvalue weighted by Gasteiger charge is 2.33. The number of aromatic nitrogens is 1. The predicted octanol–water partition coefficient (Wildman–Crippen LogP) is 3.84. The third kappa shape index (κ3) is 4.91. The van der Waals surface area contributed by atoms with Gasteiger partial charge in [-0.15, -0.1) is 11.3 Å². The van der Waals surface area contributed by atoms with E-state index in [0.717, 1.165) is 77.3 Å². The van der Waals surface area contributed by atoms with Gasteiger partial charge >= 0.3 is 0 Å². The maximum absolute atomic E-state index is 13.0. The number of nitrogens with zero attached hydrogens (tertiary/aromatic N) is 4. The van der Waals surface area contributed by atoms with Crippen molar-refractivity contribution >= 4 is 17.2 Å². The van der Waals surface area contributed by atoms with Crippen molar-refractivity contribution in [1.82, 2.24) is 25.0 Å². The van der Waals surface area contributed by atoms with E-state index in [1.165, 1.54) is 27.1 Å². The molecule has 0 radical (unpaired) electrons. The number of piperazine rings is 1. The number of rotatable bonds is 6. The third-order valence-electron chi connectivity index (χ3n) is 7.69. The highest BCUT2D eigenvalue weighted by Crippen LogP contribution is 2.29.